The van der Waals surface area contributed by atoms with Crippen LogP contribution in [0.1, 0.15) is 72.7 Å². The van der Waals surface area contributed by atoms with Crippen LogP contribution >= 0.6 is 23.2 Å². The number of imidazole rings is 1. The van der Waals surface area contributed by atoms with Crippen molar-refractivity contribution in [1.29, 1.82) is 0 Å². The molecule has 0 saturated carbocycles. The molecule has 7 heteroatoms. The Balaban J connectivity index is 1.06. The van der Waals surface area contributed by atoms with Crippen molar-refractivity contribution in [2.75, 3.05) is 19.6 Å². The molecule has 0 radical (unpaired) electrons. The van der Waals surface area contributed by atoms with Crippen molar-refractivity contribution >= 4 is 40.1 Å². The smallest absolute Gasteiger partial charge is 0.255 e. The van der Waals surface area contributed by atoms with Gasteiger partial charge in [0.2, 0.25) is 0 Å². The van der Waals surface area contributed by atoms with E-state index in [0.717, 1.165) is 50.2 Å². The predicted molar refractivity (Wildman–Crippen MR) is 171 cm³/mol. The number of carbonyl (C=O) groups excluding carboxylic acids is 1. The first kappa shape index (κ1) is 27.9. The van der Waals surface area contributed by atoms with Crippen molar-refractivity contribution in [2.24, 2.45) is 0 Å². The number of aryl methyl sites for hydroxylation is 1. The van der Waals surface area contributed by atoms with Crippen LogP contribution in [0.15, 0.2) is 72.8 Å². The number of nitrogens with zero attached hydrogens (tertiary/aromatic N) is 4. The van der Waals surface area contributed by atoms with Crippen molar-refractivity contribution in [3.8, 4) is 0 Å². The zero-order valence-corrected chi connectivity index (χ0v) is 25.7. The molecule has 1 aromatic heterocycles. The monoisotopic (exact) mass is 600 g/mol. The first-order valence-corrected chi connectivity index (χ1v) is 16.2. The molecule has 2 bridgehead atoms. The summed E-state index contributed by atoms with van der Waals surface area (Å²) in [6.07, 6.45) is 8.00. The Bertz CT molecular complexity index is 1580. The number of piperidine rings is 2. The van der Waals surface area contributed by atoms with Gasteiger partial charge in [-0.2, -0.15) is 0 Å². The van der Waals surface area contributed by atoms with Gasteiger partial charge < -0.3 is 9.47 Å². The van der Waals surface area contributed by atoms with Gasteiger partial charge in [0, 0.05) is 36.2 Å². The lowest BCUT2D eigenvalue weighted by atomic mass is 9.70. The lowest BCUT2D eigenvalue weighted by Gasteiger charge is -2.45. The third-order valence-corrected chi connectivity index (χ3v) is 10.9. The van der Waals surface area contributed by atoms with Crippen LogP contribution in [0.2, 0.25) is 10.0 Å². The minimum Gasteiger partial charge on any atom is -0.339 e. The van der Waals surface area contributed by atoms with E-state index in [2.05, 4.69) is 71.0 Å². The standard InChI is InChI=1S/C35H38Cl2N4O/c1-24-38-32-9-5-6-10-33(32)41(24)29-22-27-12-13-28(23-29)40(27)20-17-35(25-7-3-2-4-8-25)15-18-39(19-16-35)34(42)30-14-11-26(36)21-31(30)37/h2-11,14,21,27-29H,12-13,15-20,22-23H2,1H3/t27-,28+,29?. The Morgan fingerprint density at radius 2 is 1.60 bits per heavy atom. The Morgan fingerprint density at radius 3 is 2.31 bits per heavy atom. The van der Waals surface area contributed by atoms with E-state index in [1.54, 1.807) is 18.2 Å². The fourth-order valence-electron chi connectivity index (χ4n) is 8.24. The van der Waals surface area contributed by atoms with E-state index in [0.29, 0.717) is 33.7 Å². The summed E-state index contributed by atoms with van der Waals surface area (Å²) in [7, 11) is 0. The molecule has 0 spiro atoms. The van der Waals surface area contributed by atoms with Gasteiger partial charge in [-0.05, 0) is 99.7 Å². The van der Waals surface area contributed by atoms with Crippen LogP contribution in [-0.4, -0.2) is 57.0 Å². The van der Waals surface area contributed by atoms with Crippen LogP contribution in [0.25, 0.3) is 11.0 Å². The quantitative estimate of drug-likeness (QED) is 0.224. The second kappa shape index (κ2) is 11.3. The van der Waals surface area contributed by atoms with Crippen LogP contribution in [-0.2, 0) is 5.41 Å². The first-order valence-electron chi connectivity index (χ1n) is 15.4. The Morgan fingerprint density at radius 1 is 0.905 bits per heavy atom. The molecule has 3 atom stereocenters. The second-order valence-corrected chi connectivity index (χ2v) is 13.4. The third kappa shape index (κ3) is 5.04. The summed E-state index contributed by atoms with van der Waals surface area (Å²) in [4.78, 5) is 23.1. The Kier molecular flexibility index (Phi) is 7.54. The molecule has 218 valence electrons. The molecule has 4 heterocycles. The highest BCUT2D eigenvalue weighted by Crippen LogP contribution is 2.45. The Labute approximate surface area is 258 Å². The van der Waals surface area contributed by atoms with Gasteiger partial charge in [-0.1, -0.05) is 65.7 Å². The molecular formula is C35H38Cl2N4O. The number of hydrogen-bond donors (Lipinski definition) is 0. The minimum atomic E-state index is 0.000708. The van der Waals surface area contributed by atoms with Crippen LogP contribution in [0.3, 0.4) is 0 Å². The van der Waals surface area contributed by atoms with E-state index in [4.69, 9.17) is 28.2 Å². The molecular weight excluding hydrogens is 563 g/mol. The predicted octanol–water partition coefficient (Wildman–Crippen LogP) is 8.08. The Hall–Kier alpha value is -2.86. The van der Waals surface area contributed by atoms with Gasteiger partial charge in [-0.25, -0.2) is 4.98 Å². The normalized spacial score (nSPS) is 23.9. The molecule has 4 aromatic rings. The zero-order valence-electron chi connectivity index (χ0n) is 24.2. The molecule has 0 N–H and O–H groups in total. The summed E-state index contributed by atoms with van der Waals surface area (Å²) in [5, 5.41) is 0.968. The molecule has 3 aromatic carbocycles. The molecule has 3 aliphatic rings. The van der Waals surface area contributed by atoms with E-state index in [-0.39, 0.29) is 11.3 Å². The summed E-state index contributed by atoms with van der Waals surface area (Å²) in [5.41, 5.74) is 4.39. The highest BCUT2D eigenvalue weighted by molar-refractivity contribution is 6.36. The van der Waals surface area contributed by atoms with Crippen molar-refractivity contribution < 1.29 is 4.79 Å². The van der Waals surface area contributed by atoms with Gasteiger partial charge in [0.15, 0.2) is 0 Å². The number of rotatable bonds is 6. The van der Waals surface area contributed by atoms with Crippen LogP contribution < -0.4 is 0 Å². The number of aromatic nitrogens is 2. The van der Waals surface area contributed by atoms with Crippen molar-refractivity contribution in [3.05, 3.63) is 99.8 Å². The number of amides is 1. The average molecular weight is 602 g/mol. The number of fused-ring (bicyclic) bond motifs is 3. The number of para-hydroxylation sites is 2. The lowest BCUT2D eigenvalue weighted by Crippen LogP contribution is -2.49. The zero-order chi connectivity index (χ0) is 28.8. The molecule has 42 heavy (non-hydrogen) atoms. The average Bonchev–Trinajstić information content (AvgIpc) is 3.46. The van der Waals surface area contributed by atoms with Gasteiger partial charge in [-0.3, -0.25) is 9.69 Å². The van der Waals surface area contributed by atoms with Crippen molar-refractivity contribution in [1.82, 2.24) is 19.4 Å². The van der Waals surface area contributed by atoms with Crippen LogP contribution in [0.5, 0.6) is 0 Å². The molecule has 0 aliphatic carbocycles. The van der Waals surface area contributed by atoms with Crippen LogP contribution in [0.4, 0.5) is 0 Å². The van der Waals surface area contributed by atoms with E-state index in [9.17, 15) is 4.79 Å². The highest BCUT2D eigenvalue weighted by atomic mass is 35.5. The summed E-state index contributed by atoms with van der Waals surface area (Å²) in [6, 6.07) is 26.5. The highest BCUT2D eigenvalue weighted by Gasteiger charge is 2.44. The maximum atomic E-state index is 13.4. The van der Waals surface area contributed by atoms with Crippen molar-refractivity contribution in [3.63, 3.8) is 0 Å². The van der Waals surface area contributed by atoms with Crippen LogP contribution in [0, 0.1) is 6.92 Å². The first-order chi connectivity index (χ1) is 20.4. The fourth-order valence-corrected chi connectivity index (χ4v) is 8.73. The van der Waals surface area contributed by atoms with E-state index < -0.39 is 0 Å². The number of carbonyl (C=O) groups is 1. The molecule has 3 fully saturated rings. The van der Waals surface area contributed by atoms with E-state index in [1.165, 1.54) is 36.8 Å². The molecule has 5 nitrogen and oxygen atoms in total. The van der Waals surface area contributed by atoms with E-state index >= 15 is 0 Å². The van der Waals surface area contributed by atoms with Gasteiger partial charge in [0.25, 0.3) is 5.91 Å². The molecule has 3 aliphatic heterocycles. The number of halogens is 2. The number of hydrogen-bond acceptors (Lipinski definition) is 3. The summed E-state index contributed by atoms with van der Waals surface area (Å²) in [5.74, 6) is 1.14. The molecule has 1 unspecified atom stereocenters. The summed E-state index contributed by atoms with van der Waals surface area (Å²) in [6.45, 7) is 4.73. The summed E-state index contributed by atoms with van der Waals surface area (Å²) >= 11 is 12.5. The largest absolute Gasteiger partial charge is 0.339 e. The number of benzene rings is 3. The SMILES string of the molecule is Cc1nc2ccccc2n1C1C[C@H]2CC[C@@H](C1)N2CCC1(c2ccccc2)CCN(C(=O)c2ccc(Cl)cc2Cl)CC1. The molecule has 3 saturated heterocycles. The third-order valence-electron chi connectivity index (χ3n) is 10.4. The number of likely N-dealkylation sites (tertiary alicyclic amines) is 1. The van der Waals surface area contributed by atoms with Gasteiger partial charge in [-0.15, -0.1) is 0 Å². The fraction of sp³-hybridized carbons (Fsp3) is 0.429. The summed E-state index contributed by atoms with van der Waals surface area (Å²) < 4.78 is 2.52. The molecule has 7 rings (SSSR count). The minimum absolute atomic E-state index is 0.000708. The maximum Gasteiger partial charge on any atom is 0.255 e. The van der Waals surface area contributed by atoms with Gasteiger partial charge in [0.1, 0.15) is 5.82 Å². The molecule has 1 amide bonds. The van der Waals surface area contributed by atoms with Gasteiger partial charge in [0.05, 0.1) is 21.6 Å². The topological polar surface area (TPSA) is 41.4 Å². The second-order valence-electron chi connectivity index (χ2n) is 12.6. The van der Waals surface area contributed by atoms with Gasteiger partial charge >= 0.3 is 0 Å². The lowest BCUT2D eigenvalue weighted by molar-refractivity contribution is 0.0607. The maximum absolute atomic E-state index is 13.4. The van der Waals surface area contributed by atoms with Crippen molar-refractivity contribution in [2.45, 2.75) is 75.4 Å². The van der Waals surface area contributed by atoms with E-state index in [1.807, 2.05) is 4.90 Å².